The maximum Gasteiger partial charge on any atom is 0.222 e. The molecule has 88 valence electrons. The lowest BCUT2D eigenvalue weighted by Gasteiger charge is -2.30. The van der Waals surface area contributed by atoms with E-state index in [4.69, 9.17) is 5.73 Å². The number of primary amides is 1. The molecule has 1 heterocycles. The SMILES string of the molecule is NC(=O)[C@@H]1CCCC[C@@H]1NCc1ccsc1. The van der Waals surface area contributed by atoms with Crippen molar-refractivity contribution in [2.45, 2.75) is 38.3 Å². The van der Waals surface area contributed by atoms with Gasteiger partial charge >= 0.3 is 0 Å². The topological polar surface area (TPSA) is 55.1 Å². The number of hydrogen-bond donors (Lipinski definition) is 2. The van der Waals surface area contributed by atoms with Crippen LogP contribution in [-0.4, -0.2) is 11.9 Å². The van der Waals surface area contributed by atoms with Gasteiger partial charge in [-0.2, -0.15) is 11.3 Å². The molecule has 0 aliphatic heterocycles. The largest absolute Gasteiger partial charge is 0.369 e. The van der Waals surface area contributed by atoms with Gasteiger partial charge in [0.2, 0.25) is 5.91 Å². The van der Waals surface area contributed by atoms with Crippen LogP contribution in [-0.2, 0) is 11.3 Å². The van der Waals surface area contributed by atoms with Crippen molar-refractivity contribution in [1.29, 1.82) is 0 Å². The van der Waals surface area contributed by atoms with Crippen LogP contribution in [0, 0.1) is 5.92 Å². The molecule has 0 saturated heterocycles. The molecule has 1 aliphatic rings. The molecule has 2 atom stereocenters. The van der Waals surface area contributed by atoms with E-state index in [1.54, 1.807) is 11.3 Å². The van der Waals surface area contributed by atoms with Crippen LogP contribution in [0.4, 0.5) is 0 Å². The van der Waals surface area contributed by atoms with Gasteiger partial charge in [0.15, 0.2) is 0 Å². The Balaban J connectivity index is 1.89. The van der Waals surface area contributed by atoms with Gasteiger partial charge in [0.1, 0.15) is 0 Å². The first kappa shape index (κ1) is 11.6. The lowest BCUT2D eigenvalue weighted by Crippen LogP contribution is -2.44. The Morgan fingerprint density at radius 3 is 3.00 bits per heavy atom. The lowest BCUT2D eigenvalue weighted by molar-refractivity contribution is -0.123. The number of thiophene rings is 1. The van der Waals surface area contributed by atoms with Crippen molar-refractivity contribution >= 4 is 17.2 Å². The zero-order valence-corrected chi connectivity index (χ0v) is 10.1. The molecule has 0 radical (unpaired) electrons. The molecule has 3 nitrogen and oxygen atoms in total. The molecule has 4 heteroatoms. The van der Waals surface area contributed by atoms with Gasteiger partial charge in [-0.25, -0.2) is 0 Å². The van der Waals surface area contributed by atoms with Gasteiger partial charge in [-0.1, -0.05) is 12.8 Å². The number of carbonyl (C=O) groups is 1. The number of nitrogens with two attached hydrogens (primary N) is 1. The number of carbonyl (C=O) groups excluding carboxylic acids is 1. The van der Waals surface area contributed by atoms with Crippen molar-refractivity contribution in [2.75, 3.05) is 0 Å². The van der Waals surface area contributed by atoms with Crippen LogP contribution in [0.15, 0.2) is 16.8 Å². The maximum absolute atomic E-state index is 11.3. The first-order chi connectivity index (χ1) is 7.77. The predicted octanol–water partition coefficient (Wildman–Crippen LogP) is 1.88. The van der Waals surface area contributed by atoms with Gasteiger partial charge in [0.05, 0.1) is 5.92 Å². The van der Waals surface area contributed by atoms with E-state index >= 15 is 0 Å². The Bertz CT molecular complexity index is 337. The molecular formula is C12H18N2OS. The summed E-state index contributed by atoms with van der Waals surface area (Å²) >= 11 is 1.70. The molecule has 1 aromatic heterocycles. The summed E-state index contributed by atoms with van der Waals surface area (Å²) in [7, 11) is 0. The van der Waals surface area contributed by atoms with Crippen molar-refractivity contribution in [3.05, 3.63) is 22.4 Å². The monoisotopic (exact) mass is 238 g/mol. The molecule has 0 unspecified atom stereocenters. The van der Waals surface area contributed by atoms with Gasteiger partial charge in [-0.3, -0.25) is 4.79 Å². The number of hydrogen-bond acceptors (Lipinski definition) is 3. The molecule has 16 heavy (non-hydrogen) atoms. The van der Waals surface area contributed by atoms with E-state index in [2.05, 4.69) is 22.1 Å². The van der Waals surface area contributed by atoms with Crippen LogP contribution in [0.3, 0.4) is 0 Å². The highest BCUT2D eigenvalue weighted by Crippen LogP contribution is 2.24. The Morgan fingerprint density at radius 2 is 2.31 bits per heavy atom. The second-order valence-electron chi connectivity index (χ2n) is 4.41. The molecular weight excluding hydrogens is 220 g/mol. The zero-order chi connectivity index (χ0) is 11.4. The van der Waals surface area contributed by atoms with E-state index in [0.717, 1.165) is 25.8 Å². The van der Waals surface area contributed by atoms with E-state index in [1.165, 1.54) is 12.0 Å². The fourth-order valence-electron chi connectivity index (χ4n) is 2.36. The highest BCUT2D eigenvalue weighted by Gasteiger charge is 2.28. The average Bonchev–Trinajstić information content (AvgIpc) is 2.79. The van der Waals surface area contributed by atoms with Crippen LogP contribution < -0.4 is 11.1 Å². The molecule has 1 aromatic rings. The first-order valence-corrected chi connectivity index (χ1v) is 6.75. The van der Waals surface area contributed by atoms with Crippen molar-refractivity contribution in [3.63, 3.8) is 0 Å². The van der Waals surface area contributed by atoms with Crippen molar-refractivity contribution in [2.24, 2.45) is 11.7 Å². The van der Waals surface area contributed by atoms with Gasteiger partial charge < -0.3 is 11.1 Å². The third-order valence-corrected chi connectivity index (χ3v) is 4.01. The predicted molar refractivity (Wildman–Crippen MR) is 66.1 cm³/mol. The third kappa shape index (κ3) is 2.83. The highest BCUT2D eigenvalue weighted by molar-refractivity contribution is 7.07. The van der Waals surface area contributed by atoms with Crippen LogP contribution in [0.25, 0.3) is 0 Å². The molecule has 0 aromatic carbocycles. The van der Waals surface area contributed by atoms with Gasteiger partial charge in [0.25, 0.3) is 0 Å². The number of rotatable bonds is 4. The zero-order valence-electron chi connectivity index (χ0n) is 9.32. The van der Waals surface area contributed by atoms with Gasteiger partial charge in [-0.05, 0) is 35.2 Å². The van der Waals surface area contributed by atoms with E-state index in [1.807, 2.05) is 0 Å². The summed E-state index contributed by atoms with van der Waals surface area (Å²) < 4.78 is 0. The molecule has 2 rings (SSSR count). The van der Waals surface area contributed by atoms with Gasteiger partial charge in [-0.15, -0.1) is 0 Å². The van der Waals surface area contributed by atoms with Crippen LogP contribution >= 0.6 is 11.3 Å². The van der Waals surface area contributed by atoms with E-state index in [9.17, 15) is 4.79 Å². The molecule has 1 fully saturated rings. The lowest BCUT2D eigenvalue weighted by atomic mass is 9.84. The summed E-state index contributed by atoms with van der Waals surface area (Å²) in [6.07, 6.45) is 4.34. The van der Waals surface area contributed by atoms with E-state index in [0.29, 0.717) is 0 Å². The first-order valence-electron chi connectivity index (χ1n) is 5.81. The minimum Gasteiger partial charge on any atom is -0.369 e. The summed E-state index contributed by atoms with van der Waals surface area (Å²) in [5, 5.41) is 7.67. The molecule has 1 saturated carbocycles. The normalized spacial score (nSPS) is 25.5. The fourth-order valence-corrected chi connectivity index (χ4v) is 3.03. The van der Waals surface area contributed by atoms with E-state index in [-0.39, 0.29) is 17.9 Å². The van der Waals surface area contributed by atoms with Crippen molar-refractivity contribution in [1.82, 2.24) is 5.32 Å². The molecule has 1 aliphatic carbocycles. The average molecular weight is 238 g/mol. The summed E-state index contributed by atoms with van der Waals surface area (Å²) in [6.45, 7) is 0.845. The van der Waals surface area contributed by atoms with Crippen molar-refractivity contribution < 1.29 is 4.79 Å². The summed E-state index contributed by atoms with van der Waals surface area (Å²) in [5.74, 6) is -0.130. The third-order valence-electron chi connectivity index (χ3n) is 3.28. The van der Waals surface area contributed by atoms with Crippen molar-refractivity contribution in [3.8, 4) is 0 Å². The standard InChI is InChI=1S/C12H18N2OS/c13-12(15)10-3-1-2-4-11(10)14-7-9-5-6-16-8-9/h5-6,8,10-11,14H,1-4,7H2,(H2,13,15)/t10-,11+/m1/s1. The molecule has 1 amide bonds. The highest BCUT2D eigenvalue weighted by atomic mass is 32.1. The Kier molecular flexibility index (Phi) is 3.96. The van der Waals surface area contributed by atoms with E-state index < -0.39 is 0 Å². The number of nitrogens with one attached hydrogen (secondary N) is 1. The summed E-state index contributed by atoms with van der Waals surface area (Å²) in [5.41, 5.74) is 6.72. The Labute approximate surface area is 100 Å². The van der Waals surface area contributed by atoms with Crippen LogP contribution in [0.1, 0.15) is 31.2 Å². The molecule has 3 N–H and O–H groups in total. The minimum atomic E-state index is -0.150. The van der Waals surface area contributed by atoms with Crippen LogP contribution in [0.5, 0.6) is 0 Å². The maximum atomic E-state index is 11.3. The second kappa shape index (κ2) is 5.46. The fraction of sp³-hybridized carbons (Fsp3) is 0.583. The Hall–Kier alpha value is -0.870. The van der Waals surface area contributed by atoms with Gasteiger partial charge in [0, 0.05) is 12.6 Å². The second-order valence-corrected chi connectivity index (χ2v) is 5.19. The smallest absolute Gasteiger partial charge is 0.222 e. The summed E-state index contributed by atoms with van der Waals surface area (Å²) in [6, 6.07) is 2.38. The minimum absolute atomic E-state index is 0.0207. The summed E-state index contributed by atoms with van der Waals surface area (Å²) in [4.78, 5) is 11.3. The Morgan fingerprint density at radius 1 is 1.50 bits per heavy atom. The quantitative estimate of drug-likeness (QED) is 0.841. The van der Waals surface area contributed by atoms with Crippen LogP contribution in [0.2, 0.25) is 0 Å². The molecule has 0 bridgehead atoms. The molecule has 0 spiro atoms. The number of amides is 1.